The summed E-state index contributed by atoms with van der Waals surface area (Å²) < 4.78 is 10.3. The van der Waals surface area contributed by atoms with Crippen LogP contribution in [0.5, 0.6) is 0 Å². The standard InChI is InChI=1S/C28H34N2O5/c1-18-20(3-6-24-25(18)17-35-28(24)33)9-12-30-10-7-19(8-11-30)14-29(2)26(15-31)21-4-5-23-22(13-21)16-34-27(23)32/h3-6,13,19,26,31H,7-12,14-17H2,1-2H3. The third-order valence-corrected chi connectivity index (χ3v) is 8.03. The number of benzene rings is 2. The van der Waals surface area contributed by atoms with Gasteiger partial charge < -0.3 is 19.5 Å². The Kier molecular flexibility index (Phi) is 6.91. The number of cyclic esters (lactones) is 2. The first-order valence-electron chi connectivity index (χ1n) is 12.6. The molecule has 186 valence electrons. The predicted molar refractivity (Wildman–Crippen MR) is 131 cm³/mol. The SMILES string of the molecule is Cc1c(CCN2CCC(CN(C)C(CO)c3ccc4c(c3)COC4=O)CC2)ccc2c1COC2=O. The summed E-state index contributed by atoms with van der Waals surface area (Å²) >= 11 is 0. The molecule has 3 heterocycles. The van der Waals surface area contributed by atoms with Crippen LogP contribution in [-0.4, -0.2) is 66.7 Å². The number of hydrogen-bond donors (Lipinski definition) is 1. The molecule has 0 amide bonds. The second-order valence-corrected chi connectivity index (χ2v) is 10.1. The molecular weight excluding hydrogens is 444 g/mol. The van der Waals surface area contributed by atoms with Gasteiger partial charge in [-0.05, 0) is 87.1 Å². The summed E-state index contributed by atoms with van der Waals surface area (Å²) in [5.41, 5.74) is 6.84. The largest absolute Gasteiger partial charge is 0.457 e. The smallest absolute Gasteiger partial charge is 0.338 e. The van der Waals surface area contributed by atoms with Crippen LogP contribution >= 0.6 is 0 Å². The van der Waals surface area contributed by atoms with Crippen LogP contribution < -0.4 is 0 Å². The van der Waals surface area contributed by atoms with E-state index in [0.717, 1.165) is 67.7 Å². The summed E-state index contributed by atoms with van der Waals surface area (Å²) in [4.78, 5) is 28.3. The lowest BCUT2D eigenvalue weighted by atomic mass is 9.93. The molecule has 1 fully saturated rings. The number of likely N-dealkylation sites (N-methyl/N-ethyl adjacent to an activating group) is 1. The molecule has 0 saturated carbocycles. The molecule has 0 aromatic heterocycles. The number of carbonyl (C=O) groups excluding carboxylic acids is 2. The van der Waals surface area contributed by atoms with Gasteiger partial charge in [0.15, 0.2) is 0 Å². The number of nitrogens with zero attached hydrogens (tertiary/aromatic N) is 2. The fraction of sp³-hybridized carbons (Fsp3) is 0.500. The highest BCUT2D eigenvalue weighted by atomic mass is 16.5. The van der Waals surface area contributed by atoms with Gasteiger partial charge in [0.1, 0.15) is 13.2 Å². The van der Waals surface area contributed by atoms with Gasteiger partial charge >= 0.3 is 11.9 Å². The lowest BCUT2D eigenvalue weighted by molar-refractivity contribution is 0.0526. The van der Waals surface area contributed by atoms with E-state index in [1.165, 1.54) is 11.1 Å². The van der Waals surface area contributed by atoms with Crippen molar-refractivity contribution in [2.45, 2.75) is 45.4 Å². The summed E-state index contributed by atoms with van der Waals surface area (Å²) in [5, 5.41) is 10.1. The zero-order valence-corrected chi connectivity index (χ0v) is 20.6. The highest BCUT2D eigenvalue weighted by Gasteiger charge is 2.27. The molecule has 5 rings (SSSR count). The first-order chi connectivity index (χ1) is 16.9. The van der Waals surface area contributed by atoms with Crippen molar-refractivity contribution in [1.29, 1.82) is 0 Å². The highest BCUT2D eigenvalue weighted by Crippen LogP contribution is 2.29. The number of piperidine rings is 1. The molecule has 0 radical (unpaired) electrons. The van der Waals surface area contributed by atoms with Crippen LogP contribution in [0, 0.1) is 12.8 Å². The van der Waals surface area contributed by atoms with Crippen molar-refractivity contribution < 1.29 is 24.2 Å². The Hall–Kier alpha value is -2.74. The molecule has 3 aliphatic heterocycles. The van der Waals surface area contributed by atoms with E-state index in [9.17, 15) is 14.7 Å². The van der Waals surface area contributed by atoms with Crippen molar-refractivity contribution in [1.82, 2.24) is 9.80 Å². The number of aliphatic hydroxyl groups excluding tert-OH is 1. The van der Waals surface area contributed by atoms with Gasteiger partial charge in [0.25, 0.3) is 0 Å². The van der Waals surface area contributed by atoms with Crippen LogP contribution in [0.2, 0.25) is 0 Å². The molecule has 0 aliphatic carbocycles. The third kappa shape index (κ3) is 4.85. The molecule has 35 heavy (non-hydrogen) atoms. The van der Waals surface area contributed by atoms with Crippen LogP contribution in [0.3, 0.4) is 0 Å². The minimum atomic E-state index is -0.261. The Morgan fingerprint density at radius 1 is 1.06 bits per heavy atom. The summed E-state index contributed by atoms with van der Waals surface area (Å²) in [6.07, 6.45) is 3.26. The Morgan fingerprint density at radius 2 is 1.77 bits per heavy atom. The zero-order valence-electron chi connectivity index (χ0n) is 20.6. The molecule has 1 N–H and O–H groups in total. The predicted octanol–water partition coefficient (Wildman–Crippen LogP) is 3.26. The quantitative estimate of drug-likeness (QED) is 0.584. The van der Waals surface area contributed by atoms with E-state index < -0.39 is 0 Å². The molecule has 1 atom stereocenters. The van der Waals surface area contributed by atoms with Crippen LogP contribution in [0.25, 0.3) is 0 Å². The van der Waals surface area contributed by atoms with E-state index in [-0.39, 0.29) is 24.6 Å². The first kappa shape index (κ1) is 24.0. The summed E-state index contributed by atoms with van der Waals surface area (Å²) in [6, 6.07) is 9.67. The van der Waals surface area contributed by atoms with Crippen LogP contribution in [-0.2, 0) is 29.1 Å². The Morgan fingerprint density at radius 3 is 2.54 bits per heavy atom. The zero-order chi connectivity index (χ0) is 24.5. The van der Waals surface area contributed by atoms with Crippen LogP contribution in [0.4, 0.5) is 0 Å². The molecule has 2 aromatic rings. The number of ether oxygens (including phenoxy) is 2. The Balaban J connectivity index is 1.12. The summed E-state index contributed by atoms with van der Waals surface area (Å²) in [6.45, 7) is 6.97. The van der Waals surface area contributed by atoms with E-state index in [1.54, 1.807) is 0 Å². The lowest BCUT2D eigenvalue weighted by Crippen LogP contribution is -2.40. The first-order valence-corrected chi connectivity index (χ1v) is 12.6. The number of esters is 2. The average molecular weight is 479 g/mol. The minimum absolute atomic E-state index is 0.0414. The fourth-order valence-corrected chi connectivity index (χ4v) is 5.73. The number of likely N-dealkylation sites (tertiary alicyclic amines) is 1. The van der Waals surface area contributed by atoms with Gasteiger partial charge in [-0.25, -0.2) is 9.59 Å². The summed E-state index contributed by atoms with van der Waals surface area (Å²) in [5.74, 6) is 0.127. The van der Waals surface area contributed by atoms with Gasteiger partial charge in [-0.2, -0.15) is 0 Å². The number of hydrogen-bond acceptors (Lipinski definition) is 7. The van der Waals surface area contributed by atoms with Gasteiger partial charge in [0.05, 0.1) is 23.8 Å². The van der Waals surface area contributed by atoms with E-state index in [1.807, 2.05) is 24.3 Å². The lowest BCUT2D eigenvalue weighted by Gasteiger charge is -2.36. The Labute approximate surface area is 206 Å². The normalized spacial score (nSPS) is 19.0. The van der Waals surface area contributed by atoms with Crippen LogP contribution in [0.1, 0.15) is 67.4 Å². The van der Waals surface area contributed by atoms with Gasteiger partial charge in [0, 0.05) is 24.2 Å². The van der Waals surface area contributed by atoms with Crippen molar-refractivity contribution in [3.05, 3.63) is 69.3 Å². The monoisotopic (exact) mass is 478 g/mol. The van der Waals surface area contributed by atoms with E-state index in [2.05, 4.69) is 29.8 Å². The Bertz CT molecular complexity index is 1120. The molecule has 1 unspecified atom stereocenters. The van der Waals surface area contributed by atoms with Gasteiger partial charge in [-0.15, -0.1) is 0 Å². The molecule has 3 aliphatic rings. The second-order valence-electron chi connectivity index (χ2n) is 10.1. The maximum absolute atomic E-state index is 11.8. The second kappa shape index (κ2) is 10.1. The van der Waals surface area contributed by atoms with E-state index in [0.29, 0.717) is 24.7 Å². The van der Waals surface area contributed by atoms with Gasteiger partial charge in [-0.3, -0.25) is 4.90 Å². The van der Waals surface area contributed by atoms with Gasteiger partial charge in [-0.1, -0.05) is 12.1 Å². The molecular formula is C28H34N2O5. The van der Waals surface area contributed by atoms with Crippen molar-refractivity contribution in [2.24, 2.45) is 5.92 Å². The van der Waals surface area contributed by atoms with Crippen molar-refractivity contribution in [2.75, 3.05) is 39.8 Å². The van der Waals surface area contributed by atoms with Crippen molar-refractivity contribution in [3.8, 4) is 0 Å². The van der Waals surface area contributed by atoms with Crippen molar-refractivity contribution in [3.63, 3.8) is 0 Å². The third-order valence-electron chi connectivity index (χ3n) is 8.03. The molecule has 7 heteroatoms. The molecule has 0 bridgehead atoms. The van der Waals surface area contributed by atoms with E-state index in [4.69, 9.17) is 9.47 Å². The number of rotatable bonds is 8. The molecule has 7 nitrogen and oxygen atoms in total. The van der Waals surface area contributed by atoms with Crippen molar-refractivity contribution >= 4 is 11.9 Å². The number of fused-ring (bicyclic) bond motifs is 2. The maximum Gasteiger partial charge on any atom is 0.338 e. The van der Waals surface area contributed by atoms with Crippen LogP contribution in [0.15, 0.2) is 30.3 Å². The summed E-state index contributed by atoms with van der Waals surface area (Å²) in [7, 11) is 2.08. The average Bonchev–Trinajstić information content (AvgIpc) is 3.43. The fourth-order valence-electron chi connectivity index (χ4n) is 5.73. The van der Waals surface area contributed by atoms with Gasteiger partial charge in [0.2, 0.25) is 0 Å². The van der Waals surface area contributed by atoms with E-state index >= 15 is 0 Å². The number of aliphatic hydroxyl groups is 1. The molecule has 1 saturated heterocycles. The molecule has 2 aromatic carbocycles. The molecule has 0 spiro atoms. The highest BCUT2D eigenvalue weighted by molar-refractivity contribution is 5.94. The topological polar surface area (TPSA) is 79.3 Å². The maximum atomic E-state index is 11.8. The number of carbonyl (C=O) groups is 2. The minimum Gasteiger partial charge on any atom is -0.457 e.